The quantitative estimate of drug-likeness (QED) is 0.778. The van der Waals surface area contributed by atoms with Crippen LogP contribution in [0.3, 0.4) is 0 Å². The van der Waals surface area contributed by atoms with Crippen molar-refractivity contribution in [2.24, 2.45) is 0 Å². The summed E-state index contributed by atoms with van der Waals surface area (Å²) in [6.45, 7) is 8.07. The van der Waals surface area contributed by atoms with Crippen molar-refractivity contribution in [3.05, 3.63) is 24.3 Å². The van der Waals surface area contributed by atoms with Gasteiger partial charge in [0.05, 0.1) is 13.2 Å². The highest BCUT2D eigenvalue weighted by Crippen LogP contribution is 2.15. The number of hydrogen-bond donors (Lipinski definition) is 3. The highest BCUT2D eigenvalue weighted by atomic mass is 16.5. The number of benzene rings is 1. The first-order valence-electron chi connectivity index (χ1n) is 6.89. The van der Waals surface area contributed by atoms with E-state index >= 15 is 0 Å². The lowest BCUT2D eigenvalue weighted by Gasteiger charge is -2.20. The SMILES string of the molecule is CCOc1ccc(NC(=O)NCC(=O)NC(C)(C)C)cc1. The molecule has 21 heavy (non-hydrogen) atoms. The van der Waals surface area contributed by atoms with Crippen molar-refractivity contribution in [2.75, 3.05) is 18.5 Å². The summed E-state index contributed by atoms with van der Waals surface area (Å²) < 4.78 is 5.31. The van der Waals surface area contributed by atoms with Crippen molar-refractivity contribution >= 4 is 17.6 Å². The first kappa shape index (κ1) is 16.8. The van der Waals surface area contributed by atoms with Crippen LogP contribution in [-0.2, 0) is 4.79 Å². The van der Waals surface area contributed by atoms with Gasteiger partial charge in [-0.1, -0.05) is 0 Å². The molecule has 0 saturated heterocycles. The number of rotatable bonds is 5. The standard InChI is InChI=1S/C15H23N3O3/c1-5-21-12-8-6-11(7-9-12)17-14(20)16-10-13(19)18-15(2,3)4/h6-9H,5,10H2,1-4H3,(H,18,19)(H2,16,17,20). The molecule has 1 aromatic rings. The fraction of sp³-hybridized carbons (Fsp3) is 0.467. The molecule has 0 heterocycles. The Labute approximate surface area is 125 Å². The first-order chi connectivity index (χ1) is 9.80. The average molecular weight is 293 g/mol. The van der Waals surface area contributed by atoms with Gasteiger partial charge >= 0.3 is 6.03 Å². The van der Waals surface area contributed by atoms with E-state index in [1.54, 1.807) is 24.3 Å². The van der Waals surface area contributed by atoms with E-state index in [1.165, 1.54) is 0 Å². The largest absolute Gasteiger partial charge is 0.494 e. The number of anilines is 1. The van der Waals surface area contributed by atoms with E-state index in [-0.39, 0.29) is 18.0 Å². The van der Waals surface area contributed by atoms with Gasteiger partial charge in [-0.2, -0.15) is 0 Å². The second kappa shape index (κ2) is 7.52. The number of carbonyl (C=O) groups excluding carboxylic acids is 2. The van der Waals surface area contributed by atoms with Gasteiger partial charge < -0.3 is 20.7 Å². The summed E-state index contributed by atoms with van der Waals surface area (Å²) in [5.41, 5.74) is 0.317. The molecule has 0 radical (unpaired) electrons. The Balaban J connectivity index is 2.38. The summed E-state index contributed by atoms with van der Waals surface area (Å²) in [6, 6.07) is 6.58. The molecule has 0 aliphatic rings. The number of ether oxygens (including phenoxy) is 1. The Morgan fingerprint density at radius 3 is 2.29 bits per heavy atom. The molecule has 1 aromatic carbocycles. The summed E-state index contributed by atoms with van der Waals surface area (Å²) in [7, 11) is 0. The Hall–Kier alpha value is -2.24. The van der Waals surface area contributed by atoms with Crippen LogP contribution in [-0.4, -0.2) is 30.6 Å². The van der Waals surface area contributed by atoms with Crippen LogP contribution in [0, 0.1) is 0 Å². The maximum absolute atomic E-state index is 11.7. The fourth-order valence-electron chi connectivity index (χ4n) is 1.60. The highest BCUT2D eigenvalue weighted by molar-refractivity contribution is 5.92. The van der Waals surface area contributed by atoms with Crippen LogP contribution < -0.4 is 20.7 Å². The van der Waals surface area contributed by atoms with Crippen LogP contribution in [0.4, 0.5) is 10.5 Å². The molecule has 0 bridgehead atoms. The molecule has 0 fully saturated rings. The van der Waals surface area contributed by atoms with Crippen LogP contribution >= 0.6 is 0 Å². The Morgan fingerprint density at radius 1 is 1.14 bits per heavy atom. The zero-order valence-electron chi connectivity index (χ0n) is 12.9. The number of urea groups is 1. The third kappa shape index (κ3) is 7.20. The number of hydrogen-bond acceptors (Lipinski definition) is 3. The van der Waals surface area contributed by atoms with Crippen LogP contribution in [0.25, 0.3) is 0 Å². The van der Waals surface area contributed by atoms with Gasteiger partial charge in [0, 0.05) is 11.2 Å². The van der Waals surface area contributed by atoms with E-state index in [2.05, 4.69) is 16.0 Å². The van der Waals surface area contributed by atoms with Gasteiger partial charge in [0.25, 0.3) is 0 Å². The van der Waals surface area contributed by atoms with E-state index in [0.717, 1.165) is 5.75 Å². The second-order valence-electron chi connectivity index (χ2n) is 5.56. The minimum atomic E-state index is -0.428. The average Bonchev–Trinajstić information content (AvgIpc) is 2.37. The molecular weight excluding hydrogens is 270 g/mol. The van der Waals surface area contributed by atoms with Gasteiger partial charge in [0.15, 0.2) is 0 Å². The monoisotopic (exact) mass is 293 g/mol. The summed E-state index contributed by atoms with van der Waals surface area (Å²) in [5, 5.41) is 7.91. The molecule has 1 rings (SSSR count). The molecular formula is C15H23N3O3. The highest BCUT2D eigenvalue weighted by Gasteiger charge is 2.14. The lowest BCUT2D eigenvalue weighted by atomic mass is 10.1. The Morgan fingerprint density at radius 2 is 1.76 bits per heavy atom. The molecule has 6 nitrogen and oxygen atoms in total. The van der Waals surface area contributed by atoms with E-state index in [0.29, 0.717) is 12.3 Å². The maximum Gasteiger partial charge on any atom is 0.319 e. The topological polar surface area (TPSA) is 79.5 Å². The van der Waals surface area contributed by atoms with Crippen molar-refractivity contribution < 1.29 is 14.3 Å². The summed E-state index contributed by atoms with van der Waals surface area (Å²) in [6.07, 6.45) is 0. The molecule has 0 aliphatic carbocycles. The molecule has 6 heteroatoms. The predicted molar refractivity (Wildman–Crippen MR) is 82.5 cm³/mol. The van der Waals surface area contributed by atoms with Crippen molar-refractivity contribution in [1.29, 1.82) is 0 Å². The summed E-state index contributed by atoms with van der Waals surface area (Å²) >= 11 is 0. The zero-order chi connectivity index (χ0) is 15.9. The van der Waals surface area contributed by atoms with Crippen molar-refractivity contribution in [1.82, 2.24) is 10.6 Å². The second-order valence-corrected chi connectivity index (χ2v) is 5.56. The van der Waals surface area contributed by atoms with Crippen molar-refractivity contribution in [2.45, 2.75) is 33.2 Å². The molecule has 0 saturated carbocycles. The van der Waals surface area contributed by atoms with Gasteiger partial charge in [0.2, 0.25) is 5.91 Å². The third-order valence-electron chi connectivity index (χ3n) is 2.35. The Kier molecular flexibility index (Phi) is 6.02. The third-order valence-corrected chi connectivity index (χ3v) is 2.35. The van der Waals surface area contributed by atoms with Crippen LogP contribution in [0.15, 0.2) is 24.3 Å². The molecule has 3 N–H and O–H groups in total. The molecule has 3 amide bonds. The lowest BCUT2D eigenvalue weighted by Crippen LogP contribution is -2.46. The predicted octanol–water partition coefficient (Wildman–Crippen LogP) is 2.12. The maximum atomic E-state index is 11.7. The van der Waals surface area contributed by atoms with Gasteiger partial charge in [-0.3, -0.25) is 4.79 Å². The summed E-state index contributed by atoms with van der Waals surface area (Å²) in [4.78, 5) is 23.2. The number of carbonyl (C=O) groups is 2. The molecule has 0 unspecified atom stereocenters. The fourth-order valence-corrected chi connectivity index (χ4v) is 1.60. The van der Waals surface area contributed by atoms with Crippen LogP contribution in [0.2, 0.25) is 0 Å². The minimum Gasteiger partial charge on any atom is -0.494 e. The van der Waals surface area contributed by atoms with Crippen LogP contribution in [0.5, 0.6) is 5.75 Å². The molecule has 0 aromatic heterocycles. The smallest absolute Gasteiger partial charge is 0.319 e. The molecule has 116 valence electrons. The minimum absolute atomic E-state index is 0.0693. The molecule has 0 atom stereocenters. The van der Waals surface area contributed by atoms with Gasteiger partial charge in [-0.25, -0.2) is 4.79 Å². The zero-order valence-corrected chi connectivity index (χ0v) is 12.9. The molecule has 0 aliphatic heterocycles. The van der Waals surface area contributed by atoms with E-state index in [4.69, 9.17) is 4.74 Å². The van der Waals surface area contributed by atoms with Crippen molar-refractivity contribution in [3.8, 4) is 5.75 Å². The van der Waals surface area contributed by atoms with Gasteiger partial charge in [-0.05, 0) is 52.0 Å². The van der Waals surface area contributed by atoms with E-state index in [9.17, 15) is 9.59 Å². The van der Waals surface area contributed by atoms with Gasteiger partial charge in [0.1, 0.15) is 5.75 Å². The van der Waals surface area contributed by atoms with Gasteiger partial charge in [-0.15, -0.1) is 0 Å². The number of nitrogens with one attached hydrogen (secondary N) is 3. The molecule has 0 spiro atoms. The van der Waals surface area contributed by atoms with E-state index in [1.807, 2.05) is 27.7 Å². The van der Waals surface area contributed by atoms with E-state index < -0.39 is 6.03 Å². The lowest BCUT2D eigenvalue weighted by molar-refractivity contribution is -0.121. The normalized spacial score (nSPS) is 10.7. The van der Waals surface area contributed by atoms with Crippen molar-refractivity contribution in [3.63, 3.8) is 0 Å². The Bertz CT molecular complexity index is 478. The first-order valence-corrected chi connectivity index (χ1v) is 6.89. The number of amides is 3. The summed E-state index contributed by atoms with van der Waals surface area (Å²) in [5.74, 6) is 0.511. The van der Waals surface area contributed by atoms with Crippen LogP contribution in [0.1, 0.15) is 27.7 Å².